The summed E-state index contributed by atoms with van der Waals surface area (Å²) in [4.78, 5) is 50.9. The van der Waals surface area contributed by atoms with E-state index in [9.17, 15) is 74.9 Å². The fourth-order valence-corrected chi connectivity index (χ4v) is 13.0. The highest BCUT2D eigenvalue weighted by Crippen LogP contribution is 2.49. The predicted octanol–water partition coefficient (Wildman–Crippen LogP) is 9.18. The average Bonchev–Trinajstić information content (AvgIpc) is 0.773. The van der Waals surface area contributed by atoms with Gasteiger partial charge in [0.1, 0.15) is 98.7 Å². The van der Waals surface area contributed by atoms with Crippen molar-refractivity contribution in [2.75, 3.05) is 26.4 Å². The molecule has 0 amide bonds. The van der Waals surface area contributed by atoms with E-state index in [4.69, 9.17) is 42.2 Å². The number of carbonyl (C=O) groups excluding carboxylic acids is 3. The molecule has 25 heteroatoms. The maximum atomic E-state index is 14.3. The molecule has 3 rings (SSSR count). The van der Waals surface area contributed by atoms with Gasteiger partial charge in [-0.1, -0.05) is 226 Å². The average molecular weight is 1370 g/mol. The van der Waals surface area contributed by atoms with Gasteiger partial charge in [0.25, 0.3) is 0 Å². The third kappa shape index (κ3) is 35.1. The number of ether oxygens (including phenoxy) is 7. The van der Waals surface area contributed by atoms with Crippen molar-refractivity contribution < 1.29 is 117 Å². The molecule has 0 aromatic carbocycles. The van der Waals surface area contributed by atoms with Crippen LogP contribution in [0, 0.1) is 0 Å². The highest BCUT2D eigenvalue weighted by molar-refractivity contribution is 7.47. The van der Waals surface area contributed by atoms with E-state index >= 15 is 0 Å². The number of allylic oxidation sites excluding steroid dienone is 2. The number of unbranched alkanes of at least 4 members (excludes halogenated alkanes) is 33. The highest BCUT2D eigenvalue weighted by Gasteiger charge is 2.58. The van der Waals surface area contributed by atoms with E-state index in [0.717, 1.165) is 116 Å². The van der Waals surface area contributed by atoms with Crippen LogP contribution in [0.3, 0.4) is 0 Å². The molecule has 94 heavy (non-hydrogen) atoms. The molecule has 0 spiro atoms. The zero-order chi connectivity index (χ0) is 68.9. The summed E-state index contributed by atoms with van der Waals surface area (Å²) in [6.45, 7) is 3.41. The smallest absolute Gasteiger partial charge is 0.463 e. The van der Waals surface area contributed by atoms with Crippen molar-refractivity contribution in [3.63, 3.8) is 0 Å². The first-order valence-electron chi connectivity index (χ1n) is 36.5. The molecule has 552 valence electrons. The van der Waals surface area contributed by atoms with Gasteiger partial charge in [0.15, 0.2) is 18.7 Å². The molecule has 1 saturated carbocycles. The van der Waals surface area contributed by atoms with Gasteiger partial charge in [-0.05, 0) is 44.9 Å². The first-order chi connectivity index (χ1) is 45.3. The van der Waals surface area contributed by atoms with Crippen molar-refractivity contribution in [2.24, 2.45) is 0 Å². The number of carbonyl (C=O) groups is 3. The van der Waals surface area contributed by atoms with Crippen molar-refractivity contribution in [1.29, 1.82) is 0 Å². The van der Waals surface area contributed by atoms with E-state index in [-0.39, 0.29) is 19.3 Å². The highest BCUT2D eigenvalue weighted by atomic mass is 31.2. The molecular weight excluding hydrogens is 1240 g/mol. The van der Waals surface area contributed by atoms with Crippen LogP contribution < -0.4 is 0 Å². The minimum absolute atomic E-state index is 0.0314. The quantitative estimate of drug-likeness (QED) is 0.00888. The number of esters is 3. The Kier molecular flexibility index (Phi) is 47.3. The summed E-state index contributed by atoms with van der Waals surface area (Å²) in [7, 11) is -5.69. The predicted molar refractivity (Wildman–Crippen MR) is 352 cm³/mol. The minimum atomic E-state index is -5.69. The zero-order valence-electron chi connectivity index (χ0n) is 57.3. The first-order valence-corrected chi connectivity index (χ1v) is 38.0. The second kappa shape index (κ2) is 51.8. The van der Waals surface area contributed by atoms with Gasteiger partial charge in [0.2, 0.25) is 0 Å². The van der Waals surface area contributed by atoms with Crippen molar-refractivity contribution >= 4 is 25.7 Å². The number of aliphatic hydroxyl groups is 10. The maximum absolute atomic E-state index is 14.3. The molecule has 18 unspecified atom stereocenters. The van der Waals surface area contributed by atoms with Crippen molar-refractivity contribution in [3.8, 4) is 0 Å². The standard InChI is InChI=1S/C69H127O24P/c1-4-7-10-13-16-19-22-24-25-27-30-33-36-39-42-45-55(73)88-50(47-85-53(71)43-40-37-34-32-29-26-23-20-17-14-11-8-5-2)48-87-94(83,84)93-67-65(91-68-63(81)58(76)56(74)51(46-70)89-68)61(79)60(78)62(80)66(67)92-69-64(82)59(77)57(75)52(90-69)49-86-54(72)44-41-38-35-31-28-21-18-15-12-9-6-3/h19,22,50-52,56-70,74-82H,4-18,20-21,23-49H2,1-3H3,(H,83,84)/b22-19-. The lowest BCUT2D eigenvalue weighted by atomic mass is 9.84. The molecule has 2 aliphatic heterocycles. The number of phosphoric acid groups is 1. The molecule has 2 saturated heterocycles. The molecule has 1 aliphatic carbocycles. The van der Waals surface area contributed by atoms with Gasteiger partial charge >= 0.3 is 25.7 Å². The summed E-state index contributed by atoms with van der Waals surface area (Å²) in [5.74, 6) is -1.99. The van der Waals surface area contributed by atoms with E-state index in [1.165, 1.54) is 103 Å². The summed E-state index contributed by atoms with van der Waals surface area (Å²) < 4.78 is 64.9. The molecule has 18 atom stereocenters. The fraction of sp³-hybridized carbons (Fsp3) is 0.928. The number of hydrogen-bond donors (Lipinski definition) is 11. The molecule has 24 nitrogen and oxygen atoms in total. The zero-order valence-corrected chi connectivity index (χ0v) is 58.2. The molecule has 0 aromatic heterocycles. The minimum Gasteiger partial charge on any atom is -0.463 e. The Labute approximate surface area is 561 Å². The second-order valence-electron chi connectivity index (χ2n) is 26.3. The molecule has 0 bridgehead atoms. The molecule has 11 N–H and O–H groups in total. The second-order valence-corrected chi connectivity index (χ2v) is 27.7. The third-order valence-corrected chi connectivity index (χ3v) is 19.0. The first kappa shape index (κ1) is 85.9. The topological polar surface area (TPSA) is 374 Å². The van der Waals surface area contributed by atoms with Crippen LogP contribution in [-0.2, 0) is 61.2 Å². The van der Waals surface area contributed by atoms with E-state index in [0.29, 0.717) is 19.3 Å². The van der Waals surface area contributed by atoms with Crippen LogP contribution in [0.1, 0.15) is 278 Å². The number of phosphoric ester groups is 1. The van der Waals surface area contributed by atoms with Gasteiger partial charge in [-0.15, -0.1) is 0 Å². The SMILES string of the molecule is CCCCCC/C=C\CCCCCCCCCC(=O)OC(COC(=O)CCCCCCCCCCCCCCC)COP(=O)(O)OC1C(OC2OC(CO)C(O)C(O)C2O)C(O)C(O)C(O)C1OC1OC(COC(=O)CCCCCCCCCCCCC)C(O)C(O)C1O. The summed E-state index contributed by atoms with van der Waals surface area (Å²) in [5, 5.41) is 110. The van der Waals surface area contributed by atoms with Crippen LogP contribution >= 0.6 is 7.82 Å². The largest absolute Gasteiger partial charge is 0.472 e. The summed E-state index contributed by atoms with van der Waals surface area (Å²) in [6, 6.07) is 0. The summed E-state index contributed by atoms with van der Waals surface area (Å²) >= 11 is 0. The van der Waals surface area contributed by atoms with E-state index in [1.807, 2.05) is 0 Å². The van der Waals surface area contributed by atoms with Crippen molar-refractivity contribution in [3.05, 3.63) is 12.2 Å². The van der Waals surface area contributed by atoms with Crippen molar-refractivity contribution in [1.82, 2.24) is 0 Å². The molecule has 0 aromatic rings. The van der Waals surface area contributed by atoms with Gasteiger partial charge in [-0.3, -0.25) is 23.4 Å². The van der Waals surface area contributed by atoms with E-state index in [2.05, 4.69) is 32.9 Å². The fourth-order valence-electron chi connectivity index (χ4n) is 12.0. The van der Waals surface area contributed by atoms with Crippen LogP contribution in [0.25, 0.3) is 0 Å². The maximum Gasteiger partial charge on any atom is 0.472 e. The lowest BCUT2D eigenvalue weighted by molar-refractivity contribution is -0.360. The molecule has 3 aliphatic rings. The Hall–Kier alpha value is -2.30. The lowest BCUT2D eigenvalue weighted by Crippen LogP contribution is -2.69. The van der Waals surface area contributed by atoms with Gasteiger partial charge in [0.05, 0.1) is 13.2 Å². The van der Waals surface area contributed by atoms with E-state index in [1.54, 1.807) is 0 Å². The Morgan fingerprint density at radius 3 is 1.16 bits per heavy atom. The normalized spacial score (nSPS) is 28.3. The van der Waals surface area contributed by atoms with Gasteiger partial charge < -0.3 is 89.1 Å². The van der Waals surface area contributed by atoms with Crippen LogP contribution in [-0.4, -0.2) is 204 Å². The van der Waals surface area contributed by atoms with Crippen LogP contribution in [0.2, 0.25) is 0 Å². The molecule has 0 radical (unpaired) electrons. The Balaban J connectivity index is 1.76. The van der Waals surface area contributed by atoms with Crippen LogP contribution in [0.4, 0.5) is 0 Å². The number of rotatable bonds is 56. The number of hydrogen-bond acceptors (Lipinski definition) is 23. The third-order valence-electron chi connectivity index (χ3n) is 18.0. The van der Waals surface area contributed by atoms with Crippen molar-refractivity contribution in [2.45, 2.75) is 382 Å². The van der Waals surface area contributed by atoms with Gasteiger partial charge in [-0.2, -0.15) is 0 Å². The number of aliphatic hydroxyl groups excluding tert-OH is 10. The van der Waals surface area contributed by atoms with Gasteiger partial charge in [0, 0.05) is 19.3 Å². The Morgan fingerprint density at radius 1 is 0.404 bits per heavy atom. The molecule has 3 fully saturated rings. The monoisotopic (exact) mass is 1370 g/mol. The van der Waals surface area contributed by atoms with Crippen LogP contribution in [0.15, 0.2) is 12.2 Å². The lowest BCUT2D eigenvalue weighted by Gasteiger charge is -2.49. The Bertz CT molecular complexity index is 2010. The summed E-state index contributed by atoms with van der Waals surface area (Å²) in [5.41, 5.74) is 0. The molecular formula is C69H127O24P. The van der Waals surface area contributed by atoms with Crippen LogP contribution in [0.5, 0.6) is 0 Å². The molecule has 2 heterocycles. The van der Waals surface area contributed by atoms with Gasteiger partial charge in [-0.25, -0.2) is 4.57 Å². The Morgan fingerprint density at radius 2 is 0.745 bits per heavy atom. The summed E-state index contributed by atoms with van der Waals surface area (Å²) in [6.07, 6.45) is 8.69. The van der Waals surface area contributed by atoms with E-state index < -0.39 is 156 Å².